The van der Waals surface area contributed by atoms with Gasteiger partial charge in [-0.1, -0.05) is 6.42 Å². The summed E-state index contributed by atoms with van der Waals surface area (Å²) in [5.74, 6) is 0.0123. The standard InChI is InChI=1S/C20H30N6O2/c1-15-18(23(2)14-21-15)20(27)26-9-10-28-17(13-25-7-5-4-6-8-25)19(26)16-11-22-24(3)12-16/h11-12,14,17,19H,4-10,13H2,1-3H3/t17-,19-/m0/s1. The van der Waals surface area contributed by atoms with Gasteiger partial charge in [-0.2, -0.15) is 5.10 Å². The molecule has 8 heteroatoms. The van der Waals surface area contributed by atoms with Crippen molar-refractivity contribution in [3.05, 3.63) is 35.7 Å². The fourth-order valence-corrected chi connectivity index (χ4v) is 4.49. The Kier molecular flexibility index (Phi) is 5.50. The maximum Gasteiger partial charge on any atom is 0.273 e. The third kappa shape index (κ3) is 3.71. The summed E-state index contributed by atoms with van der Waals surface area (Å²) in [6, 6.07) is -0.147. The lowest BCUT2D eigenvalue weighted by Crippen LogP contribution is -2.52. The van der Waals surface area contributed by atoms with E-state index >= 15 is 0 Å². The number of piperidine rings is 1. The zero-order valence-electron chi connectivity index (χ0n) is 17.0. The Morgan fingerprint density at radius 3 is 2.64 bits per heavy atom. The lowest BCUT2D eigenvalue weighted by Gasteiger charge is -2.43. The van der Waals surface area contributed by atoms with E-state index < -0.39 is 0 Å². The first-order chi connectivity index (χ1) is 13.5. The number of ether oxygens (including phenoxy) is 1. The zero-order chi connectivity index (χ0) is 19.7. The van der Waals surface area contributed by atoms with E-state index in [2.05, 4.69) is 15.0 Å². The van der Waals surface area contributed by atoms with Gasteiger partial charge in [-0.05, 0) is 32.9 Å². The fourth-order valence-electron chi connectivity index (χ4n) is 4.49. The third-order valence-electron chi connectivity index (χ3n) is 5.89. The van der Waals surface area contributed by atoms with Gasteiger partial charge in [0.05, 0.1) is 37.0 Å². The molecule has 0 bridgehead atoms. The average molecular weight is 387 g/mol. The van der Waals surface area contributed by atoms with Gasteiger partial charge >= 0.3 is 0 Å². The number of amides is 1. The highest BCUT2D eigenvalue weighted by atomic mass is 16.5. The number of nitrogens with zero attached hydrogens (tertiary/aromatic N) is 6. The molecule has 0 radical (unpaired) electrons. The summed E-state index contributed by atoms with van der Waals surface area (Å²) in [4.78, 5) is 22.2. The number of rotatable bonds is 4. The van der Waals surface area contributed by atoms with Crippen LogP contribution in [0, 0.1) is 6.92 Å². The highest BCUT2D eigenvalue weighted by Crippen LogP contribution is 2.32. The second-order valence-electron chi connectivity index (χ2n) is 7.95. The Morgan fingerprint density at radius 2 is 2.00 bits per heavy atom. The summed E-state index contributed by atoms with van der Waals surface area (Å²) in [7, 11) is 3.78. The SMILES string of the molecule is Cc1ncn(C)c1C(=O)N1CCO[C@@H](CN2CCCCC2)[C@@H]1c1cnn(C)c1. The van der Waals surface area contributed by atoms with Gasteiger partial charge in [0, 0.05) is 38.9 Å². The number of imidazole rings is 1. The molecule has 152 valence electrons. The highest BCUT2D eigenvalue weighted by molar-refractivity contribution is 5.94. The van der Waals surface area contributed by atoms with E-state index in [1.807, 2.05) is 42.9 Å². The Hall–Kier alpha value is -2.19. The van der Waals surface area contributed by atoms with Gasteiger partial charge in [0.1, 0.15) is 5.69 Å². The van der Waals surface area contributed by atoms with Gasteiger partial charge in [0.2, 0.25) is 0 Å². The van der Waals surface area contributed by atoms with E-state index in [0.717, 1.165) is 30.9 Å². The van der Waals surface area contributed by atoms with Crippen LogP contribution in [0.2, 0.25) is 0 Å². The molecule has 0 spiro atoms. The van der Waals surface area contributed by atoms with Crippen LogP contribution in [-0.4, -0.2) is 73.9 Å². The molecule has 1 amide bonds. The van der Waals surface area contributed by atoms with Crippen molar-refractivity contribution in [2.45, 2.75) is 38.3 Å². The van der Waals surface area contributed by atoms with E-state index in [1.54, 1.807) is 11.0 Å². The predicted octanol–water partition coefficient (Wildman–Crippen LogP) is 1.53. The number of carbonyl (C=O) groups is 1. The number of likely N-dealkylation sites (tertiary alicyclic amines) is 1. The van der Waals surface area contributed by atoms with Crippen LogP contribution in [0.4, 0.5) is 0 Å². The molecule has 4 rings (SSSR count). The summed E-state index contributed by atoms with van der Waals surface area (Å²) >= 11 is 0. The fraction of sp³-hybridized carbons (Fsp3) is 0.650. The molecule has 2 atom stereocenters. The molecule has 2 aromatic rings. The van der Waals surface area contributed by atoms with Crippen LogP contribution in [0.25, 0.3) is 0 Å². The van der Waals surface area contributed by atoms with Crippen LogP contribution in [-0.2, 0) is 18.8 Å². The van der Waals surface area contributed by atoms with Crippen LogP contribution in [0.3, 0.4) is 0 Å². The van der Waals surface area contributed by atoms with E-state index in [9.17, 15) is 4.79 Å². The summed E-state index contributed by atoms with van der Waals surface area (Å²) in [6.07, 6.45) is 9.28. The molecule has 2 aliphatic heterocycles. The Bertz CT molecular complexity index is 803. The zero-order valence-corrected chi connectivity index (χ0v) is 17.0. The van der Waals surface area contributed by atoms with Gasteiger partial charge < -0.3 is 19.1 Å². The van der Waals surface area contributed by atoms with Gasteiger partial charge in [0.25, 0.3) is 5.91 Å². The molecule has 0 unspecified atom stereocenters. The lowest BCUT2D eigenvalue weighted by atomic mass is 9.98. The summed E-state index contributed by atoms with van der Waals surface area (Å²) in [6.45, 7) is 6.06. The molecule has 0 aromatic carbocycles. The molecule has 2 saturated heterocycles. The van der Waals surface area contributed by atoms with Gasteiger partial charge in [-0.25, -0.2) is 4.98 Å². The number of hydrogen-bond acceptors (Lipinski definition) is 5. The van der Waals surface area contributed by atoms with E-state index in [4.69, 9.17) is 4.74 Å². The first-order valence-corrected chi connectivity index (χ1v) is 10.2. The minimum atomic E-state index is -0.147. The van der Waals surface area contributed by atoms with Crippen LogP contribution < -0.4 is 0 Å². The largest absolute Gasteiger partial charge is 0.373 e. The summed E-state index contributed by atoms with van der Waals surface area (Å²) < 4.78 is 9.82. The number of morpholine rings is 1. The monoisotopic (exact) mass is 386 g/mol. The minimum Gasteiger partial charge on any atom is -0.373 e. The first kappa shape index (κ1) is 19.1. The Morgan fingerprint density at radius 1 is 1.21 bits per heavy atom. The van der Waals surface area contributed by atoms with Crippen molar-refractivity contribution in [2.24, 2.45) is 14.1 Å². The third-order valence-corrected chi connectivity index (χ3v) is 5.89. The summed E-state index contributed by atoms with van der Waals surface area (Å²) in [5.41, 5.74) is 2.43. The van der Waals surface area contributed by atoms with Gasteiger partial charge in [-0.3, -0.25) is 9.48 Å². The molecule has 0 N–H and O–H groups in total. The van der Waals surface area contributed by atoms with E-state index in [1.165, 1.54) is 19.3 Å². The highest BCUT2D eigenvalue weighted by Gasteiger charge is 2.39. The van der Waals surface area contributed by atoms with Crippen molar-refractivity contribution in [3.63, 3.8) is 0 Å². The van der Waals surface area contributed by atoms with Crippen molar-refractivity contribution < 1.29 is 9.53 Å². The van der Waals surface area contributed by atoms with Gasteiger partial charge in [-0.15, -0.1) is 0 Å². The minimum absolute atomic E-state index is 0.0123. The smallest absolute Gasteiger partial charge is 0.273 e. The van der Waals surface area contributed by atoms with Gasteiger partial charge in [0.15, 0.2) is 0 Å². The molecule has 2 aliphatic rings. The normalized spacial score (nSPS) is 23.9. The van der Waals surface area contributed by atoms with Crippen LogP contribution in [0.15, 0.2) is 18.7 Å². The molecule has 4 heterocycles. The predicted molar refractivity (Wildman–Crippen MR) is 105 cm³/mol. The molecule has 0 aliphatic carbocycles. The molecular formula is C20H30N6O2. The number of aryl methyl sites for hydroxylation is 3. The number of aromatic nitrogens is 4. The maximum atomic E-state index is 13.5. The van der Waals surface area contributed by atoms with Crippen LogP contribution in [0.1, 0.15) is 47.1 Å². The Labute approximate surface area is 166 Å². The van der Waals surface area contributed by atoms with Crippen molar-refractivity contribution in [1.82, 2.24) is 29.1 Å². The van der Waals surface area contributed by atoms with Crippen molar-refractivity contribution in [3.8, 4) is 0 Å². The second kappa shape index (κ2) is 8.05. The van der Waals surface area contributed by atoms with Crippen molar-refractivity contribution in [1.29, 1.82) is 0 Å². The summed E-state index contributed by atoms with van der Waals surface area (Å²) in [5, 5.41) is 4.36. The van der Waals surface area contributed by atoms with E-state index in [-0.39, 0.29) is 18.1 Å². The second-order valence-corrected chi connectivity index (χ2v) is 7.95. The van der Waals surface area contributed by atoms with E-state index in [0.29, 0.717) is 18.8 Å². The molecule has 8 nitrogen and oxygen atoms in total. The molecular weight excluding hydrogens is 356 g/mol. The van der Waals surface area contributed by atoms with Crippen molar-refractivity contribution in [2.75, 3.05) is 32.8 Å². The molecule has 28 heavy (non-hydrogen) atoms. The molecule has 0 saturated carbocycles. The van der Waals surface area contributed by atoms with Crippen molar-refractivity contribution >= 4 is 5.91 Å². The quantitative estimate of drug-likeness (QED) is 0.797. The number of carbonyl (C=O) groups excluding carboxylic acids is 1. The molecule has 2 aromatic heterocycles. The Balaban J connectivity index is 1.64. The first-order valence-electron chi connectivity index (χ1n) is 10.2. The topological polar surface area (TPSA) is 68.4 Å². The van der Waals surface area contributed by atoms with Crippen LogP contribution in [0.5, 0.6) is 0 Å². The molecule has 2 fully saturated rings. The van der Waals surface area contributed by atoms with Crippen LogP contribution >= 0.6 is 0 Å². The average Bonchev–Trinajstić information content (AvgIpc) is 3.27. The number of hydrogen-bond donors (Lipinski definition) is 0. The maximum absolute atomic E-state index is 13.5. The lowest BCUT2D eigenvalue weighted by molar-refractivity contribution is -0.0744.